The van der Waals surface area contributed by atoms with Gasteiger partial charge in [0.1, 0.15) is 24.2 Å². The van der Waals surface area contributed by atoms with Gasteiger partial charge in [-0.05, 0) is 41.6 Å². The van der Waals surface area contributed by atoms with E-state index in [1.165, 1.54) is 4.68 Å². The van der Waals surface area contributed by atoms with E-state index < -0.39 is 6.10 Å². The van der Waals surface area contributed by atoms with Gasteiger partial charge in [-0.3, -0.25) is 4.98 Å². The summed E-state index contributed by atoms with van der Waals surface area (Å²) in [7, 11) is 0. The lowest BCUT2D eigenvalue weighted by Crippen LogP contribution is -2.24. The van der Waals surface area contributed by atoms with E-state index in [0.717, 1.165) is 11.3 Å². The second-order valence-corrected chi connectivity index (χ2v) is 5.18. The summed E-state index contributed by atoms with van der Waals surface area (Å²) in [5.41, 5.74) is 1.82. The van der Waals surface area contributed by atoms with Crippen molar-refractivity contribution in [2.24, 2.45) is 0 Å². The second kappa shape index (κ2) is 6.97. The molecule has 23 heavy (non-hydrogen) atoms. The summed E-state index contributed by atoms with van der Waals surface area (Å²) in [6.07, 6.45) is 0.938. The highest BCUT2D eigenvalue weighted by atomic mass is 16.5. The summed E-state index contributed by atoms with van der Waals surface area (Å²) in [6, 6.07) is 13.2. The minimum absolute atomic E-state index is 0.157. The van der Waals surface area contributed by atoms with Gasteiger partial charge in [-0.25, -0.2) is 4.68 Å². The average molecular weight is 311 g/mol. The lowest BCUT2D eigenvalue weighted by molar-refractivity contribution is 0.0892. The van der Waals surface area contributed by atoms with E-state index in [2.05, 4.69) is 20.5 Å². The molecule has 0 bridgehead atoms. The number of aromatic nitrogens is 5. The number of aliphatic hydroxyl groups excluding tert-OH is 1. The van der Waals surface area contributed by atoms with Gasteiger partial charge in [0.25, 0.3) is 0 Å². The maximum absolute atomic E-state index is 10.1. The molecule has 2 aromatic heterocycles. The molecule has 1 atom stereocenters. The molecule has 1 aromatic carbocycles. The molecule has 7 heteroatoms. The molecule has 0 aliphatic carbocycles. The molecule has 3 aromatic rings. The first-order valence-electron chi connectivity index (χ1n) is 7.27. The van der Waals surface area contributed by atoms with E-state index in [1.807, 2.05) is 49.4 Å². The third-order valence-corrected chi connectivity index (χ3v) is 3.27. The summed E-state index contributed by atoms with van der Waals surface area (Å²) in [4.78, 5) is 4.21. The van der Waals surface area contributed by atoms with Gasteiger partial charge in [0, 0.05) is 6.20 Å². The van der Waals surface area contributed by atoms with Gasteiger partial charge in [0.2, 0.25) is 5.82 Å². The maximum atomic E-state index is 10.1. The highest BCUT2D eigenvalue weighted by Gasteiger charge is 2.14. The molecule has 0 spiro atoms. The van der Waals surface area contributed by atoms with E-state index in [4.69, 9.17) is 4.74 Å². The first-order valence-corrected chi connectivity index (χ1v) is 7.27. The SMILES string of the molecule is Cc1ccc(OCC(O)Cn2nnnc2-c2ccccn2)cc1. The average Bonchev–Trinajstić information content (AvgIpc) is 3.03. The number of aliphatic hydroxyl groups is 1. The molecule has 3 rings (SSSR count). The standard InChI is InChI=1S/C16H17N5O2/c1-12-5-7-14(8-6-12)23-11-13(22)10-21-16(18-19-20-21)15-4-2-3-9-17-15/h2-9,13,22H,10-11H2,1H3. The van der Waals surface area contributed by atoms with Crippen molar-refractivity contribution < 1.29 is 9.84 Å². The monoisotopic (exact) mass is 311 g/mol. The lowest BCUT2D eigenvalue weighted by Gasteiger charge is -2.13. The number of benzene rings is 1. The Bertz CT molecular complexity index is 743. The van der Waals surface area contributed by atoms with Crippen LogP contribution in [-0.2, 0) is 6.54 Å². The number of ether oxygens (including phenoxy) is 1. The lowest BCUT2D eigenvalue weighted by atomic mass is 10.2. The fraction of sp³-hybridized carbons (Fsp3) is 0.250. The van der Waals surface area contributed by atoms with Crippen molar-refractivity contribution in [2.45, 2.75) is 19.6 Å². The van der Waals surface area contributed by atoms with Gasteiger partial charge in [-0.1, -0.05) is 23.8 Å². The van der Waals surface area contributed by atoms with E-state index in [0.29, 0.717) is 11.5 Å². The fourth-order valence-electron chi connectivity index (χ4n) is 2.09. The second-order valence-electron chi connectivity index (χ2n) is 5.18. The van der Waals surface area contributed by atoms with Crippen LogP contribution < -0.4 is 4.74 Å². The number of rotatable bonds is 6. The van der Waals surface area contributed by atoms with Crippen LogP contribution in [0.2, 0.25) is 0 Å². The van der Waals surface area contributed by atoms with Crippen LogP contribution in [0.25, 0.3) is 11.5 Å². The van der Waals surface area contributed by atoms with Crippen molar-refractivity contribution in [2.75, 3.05) is 6.61 Å². The van der Waals surface area contributed by atoms with Crippen LogP contribution in [0.3, 0.4) is 0 Å². The smallest absolute Gasteiger partial charge is 0.200 e. The quantitative estimate of drug-likeness (QED) is 0.742. The van der Waals surface area contributed by atoms with Crippen molar-refractivity contribution in [3.63, 3.8) is 0 Å². The third-order valence-electron chi connectivity index (χ3n) is 3.27. The Hall–Kier alpha value is -2.80. The number of nitrogens with zero attached hydrogens (tertiary/aromatic N) is 5. The number of hydrogen-bond donors (Lipinski definition) is 1. The zero-order chi connectivity index (χ0) is 16.1. The number of hydrogen-bond acceptors (Lipinski definition) is 6. The summed E-state index contributed by atoms with van der Waals surface area (Å²) < 4.78 is 7.09. The molecule has 0 radical (unpaired) electrons. The van der Waals surface area contributed by atoms with E-state index in [9.17, 15) is 5.11 Å². The zero-order valence-electron chi connectivity index (χ0n) is 12.7. The van der Waals surface area contributed by atoms with Crippen LogP contribution in [-0.4, -0.2) is 43.0 Å². The first-order chi connectivity index (χ1) is 11.2. The molecule has 0 saturated heterocycles. The van der Waals surface area contributed by atoms with Crippen LogP contribution in [0.4, 0.5) is 0 Å². The summed E-state index contributed by atoms with van der Waals surface area (Å²) in [5.74, 6) is 1.23. The van der Waals surface area contributed by atoms with Gasteiger partial charge in [-0.2, -0.15) is 0 Å². The first kappa shape index (κ1) is 15.1. The summed E-state index contributed by atoms with van der Waals surface area (Å²) in [6.45, 7) is 2.39. The van der Waals surface area contributed by atoms with Crippen molar-refractivity contribution in [3.8, 4) is 17.3 Å². The Morgan fingerprint density at radius 2 is 2.00 bits per heavy atom. The van der Waals surface area contributed by atoms with Gasteiger partial charge >= 0.3 is 0 Å². The molecule has 118 valence electrons. The molecular weight excluding hydrogens is 294 g/mol. The Morgan fingerprint density at radius 3 is 2.74 bits per heavy atom. The molecule has 0 amide bonds. The topological polar surface area (TPSA) is 86.0 Å². The summed E-state index contributed by atoms with van der Waals surface area (Å²) >= 11 is 0. The minimum Gasteiger partial charge on any atom is -0.491 e. The van der Waals surface area contributed by atoms with Crippen LogP contribution >= 0.6 is 0 Å². The minimum atomic E-state index is -0.734. The summed E-state index contributed by atoms with van der Waals surface area (Å²) in [5, 5.41) is 21.7. The van der Waals surface area contributed by atoms with Crippen LogP contribution in [0.5, 0.6) is 5.75 Å². The third kappa shape index (κ3) is 3.89. The highest BCUT2D eigenvalue weighted by Crippen LogP contribution is 2.14. The van der Waals surface area contributed by atoms with E-state index in [1.54, 1.807) is 6.20 Å². The van der Waals surface area contributed by atoms with Crippen LogP contribution in [0, 0.1) is 6.92 Å². The molecule has 2 heterocycles. The zero-order valence-corrected chi connectivity index (χ0v) is 12.7. The van der Waals surface area contributed by atoms with Gasteiger partial charge < -0.3 is 9.84 Å². The van der Waals surface area contributed by atoms with E-state index >= 15 is 0 Å². The molecule has 0 aliphatic rings. The van der Waals surface area contributed by atoms with Gasteiger partial charge in [0.15, 0.2) is 0 Å². The van der Waals surface area contributed by atoms with Crippen molar-refractivity contribution in [3.05, 3.63) is 54.2 Å². The molecule has 0 fully saturated rings. The Labute approximate surface area is 133 Å². The number of tetrazole rings is 1. The largest absolute Gasteiger partial charge is 0.491 e. The predicted molar refractivity (Wildman–Crippen MR) is 83.7 cm³/mol. The predicted octanol–water partition coefficient (Wildman–Crippen LogP) is 1.48. The van der Waals surface area contributed by atoms with Crippen LogP contribution in [0.1, 0.15) is 5.56 Å². The van der Waals surface area contributed by atoms with Crippen LogP contribution in [0.15, 0.2) is 48.7 Å². The van der Waals surface area contributed by atoms with E-state index in [-0.39, 0.29) is 13.2 Å². The fourth-order valence-corrected chi connectivity index (χ4v) is 2.09. The number of pyridine rings is 1. The molecule has 1 unspecified atom stereocenters. The molecular formula is C16H17N5O2. The van der Waals surface area contributed by atoms with Crippen molar-refractivity contribution >= 4 is 0 Å². The number of aryl methyl sites for hydroxylation is 1. The highest BCUT2D eigenvalue weighted by molar-refractivity contribution is 5.47. The normalized spacial score (nSPS) is 12.1. The molecule has 7 nitrogen and oxygen atoms in total. The van der Waals surface area contributed by atoms with Gasteiger partial charge in [-0.15, -0.1) is 5.10 Å². The molecule has 1 N–H and O–H groups in total. The van der Waals surface area contributed by atoms with Crippen molar-refractivity contribution in [1.29, 1.82) is 0 Å². The Morgan fingerprint density at radius 1 is 1.17 bits per heavy atom. The Kier molecular flexibility index (Phi) is 4.58. The molecule has 0 aliphatic heterocycles. The molecule has 0 saturated carbocycles. The van der Waals surface area contributed by atoms with Crippen molar-refractivity contribution in [1.82, 2.24) is 25.2 Å². The van der Waals surface area contributed by atoms with Gasteiger partial charge in [0.05, 0.1) is 6.54 Å². The Balaban J connectivity index is 1.61. The maximum Gasteiger partial charge on any atom is 0.200 e.